The van der Waals surface area contributed by atoms with Gasteiger partial charge in [0.25, 0.3) is 0 Å². The summed E-state index contributed by atoms with van der Waals surface area (Å²) in [6.45, 7) is 0. The zero-order valence-electron chi connectivity index (χ0n) is 10.9. The molecule has 0 saturated heterocycles. The van der Waals surface area contributed by atoms with Crippen LogP contribution in [0.2, 0.25) is 0 Å². The Bertz CT molecular complexity index is 839. The van der Waals surface area contributed by atoms with Crippen LogP contribution in [0.15, 0.2) is 54.6 Å². The van der Waals surface area contributed by atoms with Crippen molar-refractivity contribution in [3.8, 4) is 16.9 Å². The van der Waals surface area contributed by atoms with Crippen molar-refractivity contribution in [2.24, 2.45) is 0 Å². The highest BCUT2D eigenvalue weighted by Crippen LogP contribution is 2.29. The highest BCUT2D eigenvalue weighted by atomic mass is 19.1. The molecule has 2 N–H and O–H groups in total. The molecule has 0 saturated carbocycles. The molecule has 104 valence electrons. The summed E-state index contributed by atoms with van der Waals surface area (Å²) < 4.78 is 14.2. The molecule has 0 unspecified atom stereocenters. The summed E-state index contributed by atoms with van der Waals surface area (Å²) >= 11 is 0. The fourth-order valence-electron chi connectivity index (χ4n) is 2.27. The molecule has 0 atom stereocenters. The Morgan fingerprint density at radius 3 is 2.29 bits per heavy atom. The van der Waals surface area contributed by atoms with Gasteiger partial charge in [0, 0.05) is 5.56 Å². The van der Waals surface area contributed by atoms with E-state index in [-0.39, 0.29) is 11.3 Å². The van der Waals surface area contributed by atoms with E-state index in [0.29, 0.717) is 16.5 Å². The lowest BCUT2D eigenvalue weighted by atomic mass is 9.99. The number of benzene rings is 3. The molecule has 3 rings (SSSR count). The van der Waals surface area contributed by atoms with Crippen LogP contribution >= 0.6 is 0 Å². The number of carboxylic acid groups (broad SMARTS) is 1. The maximum absolute atomic E-state index is 14.2. The van der Waals surface area contributed by atoms with Gasteiger partial charge < -0.3 is 10.2 Å². The molecular weight excluding hydrogens is 271 g/mol. The van der Waals surface area contributed by atoms with Gasteiger partial charge in [0.05, 0.1) is 5.56 Å². The summed E-state index contributed by atoms with van der Waals surface area (Å²) in [5, 5.41) is 19.7. The van der Waals surface area contributed by atoms with E-state index in [1.54, 1.807) is 24.3 Å². The quantitative estimate of drug-likeness (QED) is 0.745. The smallest absolute Gasteiger partial charge is 0.335 e. The van der Waals surface area contributed by atoms with Crippen LogP contribution in [0.3, 0.4) is 0 Å². The van der Waals surface area contributed by atoms with Crippen molar-refractivity contribution in [3.63, 3.8) is 0 Å². The van der Waals surface area contributed by atoms with Crippen molar-refractivity contribution in [1.82, 2.24) is 0 Å². The van der Waals surface area contributed by atoms with E-state index in [1.807, 2.05) is 0 Å². The molecule has 0 heterocycles. The van der Waals surface area contributed by atoms with Gasteiger partial charge in [-0.2, -0.15) is 0 Å². The normalized spacial score (nSPS) is 10.7. The molecule has 0 aliphatic rings. The van der Waals surface area contributed by atoms with Crippen LogP contribution in [0.5, 0.6) is 5.75 Å². The summed E-state index contributed by atoms with van der Waals surface area (Å²) in [6, 6.07) is 13.8. The lowest BCUT2D eigenvalue weighted by Crippen LogP contribution is -1.95. The SMILES string of the molecule is O=C(O)c1ccc(-c2cc3ccc(O)cc3cc2F)cc1. The van der Waals surface area contributed by atoms with Crippen molar-refractivity contribution < 1.29 is 19.4 Å². The second kappa shape index (κ2) is 4.90. The number of hydrogen-bond donors (Lipinski definition) is 2. The minimum atomic E-state index is -1.02. The van der Waals surface area contributed by atoms with Crippen molar-refractivity contribution in [2.75, 3.05) is 0 Å². The van der Waals surface area contributed by atoms with Crippen LogP contribution in [0, 0.1) is 5.82 Å². The van der Waals surface area contributed by atoms with Crippen LogP contribution in [-0.2, 0) is 0 Å². The first-order valence-corrected chi connectivity index (χ1v) is 6.30. The average molecular weight is 282 g/mol. The number of phenolic OH excluding ortho intramolecular Hbond substituents is 1. The fourth-order valence-corrected chi connectivity index (χ4v) is 2.27. The van der Waals surface area contributed by atoms with Crippen molar-refractivity contribution in [3.05, 3.63) is 66.0 Å². The number of aromatic carboxylic acids is 1. The third-order valence-corrected chi connectivity index (χ3v) is 3.35. The van der Waals surface area contributed by atoms with Crippen LogP contribution in [0.1, 0.15) is 10.4 Å². The second-order valence-electron chi connectivity index (χ2n) is 4.75. The maximum atomic E-state index is 14.2. The number of fused-ring (bicyclic) bond motifs is 1. The first-order valence-electron chi connectivity index (χ1n) is 6.30. The van der Waals surface area contributed by atoms with Gasteiger partial charge in [-0.15, -0.1) is 0 Å². The van der Waals surface area contributed by atoms with E-state index in [1.165, 1.54) is 30.3 Å². The lowest BCUT2D eigenvalue weighted by Gasteiger charge is -2.07. The topological polar surface area (TPSA) is 57.5 Å². The molecule has 3 nitrogen and oxygen atoms in total. The summed E-state index contributed by atoms with van der Waals surface area (Å²) in [5.74, 6) is -1.35. The summed E-state index contributed by atoms with van der Waals surface area (Å²) in [6.07, 6.45) is 0. The molecule has 0 aliphatic carbocycles. The standard InChI is InChI=1S/C17H11FO3/c18-16-9-13-7-14(19)6-5-12(13)8-15(16)10-1-3-11(4-2-10)17(20)21/h1-9,19H,(H,20,21). The molecule has 0 aromatic heterocycles. The van der Waals surface area contributed by atoms with E-state index in [2.05, 4.69) is 0 Å². The molecule has 0 amide bonds. The molecule has 21 heavy (non-hydrogen) atoms. The zero-order valence-corrected chi connectivity index (χ0v) is 10.9. The number of carboxylic acids is 1. The van der Waals surface area contributed by atoms with Crippen LogP contribution in [-0.4, -0.2) is 16.2 Å². The van der Waals surface area contributed by atoms with E-state index in [0.717, 1.165) is 5.39 Å². The fraction of sp³-hybridized carbons (Fsp3) is 0. The van der Waals surface area contributed by atoms with Crippen LogP contribution in [0.4, 0.5) is 4.39 Å². The largest absolute Gasteiger partial charge is 0.508 e. The number of rotatable bonds is 2. The summed E-state index contributed by atoms with van der Waals surface area (Å²) in [4.78, 5) is 10.8. The van der Waals surface area contributed by atoms with E-state index >= 15 is 0 Å². The van der Waals surface area contributed by atoms with E-state index in [4.69, 9.17) is 5.11 Å². The van der Waals surface area contributed by atoms with E-state index in [9.17, 15) is 14.3 Å². The molecule has 0 bridgehead atoms. The van der Waals surface area contributed by atoms with E-state index < -0.39 is 11.8 Å². The zero-order chi connectivity index (χ0) is 15.0. The van der Waals surface area contributed by atoms with Gasteiger partial charge in [-0.3, -0.25) is 0 Å². The summed E-state index contributed by atoms with van der Waals surface area (Å²) in [7, 11) is 0. The van der Waals surface area contributed by atoms with Crippen molar-refractivity contribution in [2.45, 2.75) is 0 Å². The molecule has 3 aromatic rings. The molecular formula is C17H11FO3. The Kier molecular flexibility index (Phi) is 3.06. The number of carbonyl (C=O) groups is 1. The van der Waals surface area contributed by atoms with Gasteiger partial charge >= 0.3 is 5.97 Å². The Labute approximate surface area is 119 Å². The van der Waals surface area contributed by atoms with Gasteiger partial charge in [0.2, 0.25) is 0 Å². The predicted molar refractivity (Wildman–Crippen MR) is 78.0 cm³/mol. The van der Waals surface area contributed by atoms with Gasteiger partial charge in [0.15, 0.2) is 0 Å². The van der Waals surface area contributed by atoms with Gasteiger partial charge in [0.1, 0.15) is 11.6 Å². The minimum Gasteiger partial charge on any atom is -0.508 e. The number of hydrogen-bond acceptors (Lipinski definition) is 2. The first-order chi connectivity index (χ1) is 10.0. The Morgan fingerprint density at radius 2 is 1.62 bits per heavy atom. The number of phenols is 1. The maximum Gasteiger partial charge on any atom is 0.335 e. The lowest BCUT2D eigenvalue weighted by molar-refractivity contribution is 0.0697. The second-order valence-corrected chi connectivity index (χ2v) is 4.75. The Morgan fingerprint density at radius 1 is 0.905 bits per heavy atom. The molecule has 0 spiro atoms. The third-order valence-electron chi connectivity index (χ3n) is 3.35. The first kappa shape index (κ1) is 13.1. The Hall–Kier alpha value is -2.88. The molecule has 4 heteroatoms. The van der Waals surface area contributed by atoms with Gasteiger partial charge in [-0.05, 0) is 52.7 Å². The Balaban J connectivity index is 2.13. The van der Waals surface area contributed by atoms with Crippen LogP contribution in [0.25, 0.3) is 21.9 Å². The monoisotopic (exact) mass is 282 g/mol. The molecule has 0 fully saturated rings. The van der Waals surface area contributed by atoms with Crippen LogP contribution < -0.4 is 0 Å². The highest BCUT2D eigenvalue weighted by molar-refractivity contribution is 5.90. The minimum absolute atomic E-state index is 0.0838. The predicted octanol–water partition coefficient (Wildman–Crippen LogP) is 4.05. The van der Waals surface area contributed by atoms with Crippen molar-refractivity contribution >= 4 is 16.7 Å². The molecule has 0 aliphatic heterocycles. The molecule has 3 aromatic carbocycles. The van der Waals surface area contributed by atoms with Crippen molar-refractivity contribution in [1.29, 1.82) is 0 Å². The van der Waals surface area contributed by atoms with Gasteiger partial charge in [-0.1, -0.05) is 18.2 Å². The van der Waals surface area contributed by atoms with Gasteiger partial charge in [-0.25, -0.2) is 9.18 Å². The number of aromatic hydroxyl groups is 1. The molecule has 0 radical (unpaired) electrons. The average Bonchev–Trinajstić information content (AvgIpc) is 2.46. The summed E-state index contributed by atoms with van der Waals surface area (Å²) in [5.41, 5.74) is 1.16. The highest BCUT2D eigenvalue weighted by Gasteiger charge is 2.09. The third kappa shape index (κ3) is 2.43. The number of halogens is 1.